The van der Waals surface area contributed by atoms with E-state index in [1.807, 2.05) is 0 Å². The van der Waals surface area contributed by atoms with Crippen LogP contribution in [0.15, 0.2) is 15.3 Å². The van der Waals surface area contributed by atoms with Gasteiger partial charge in [-0.15, -0.1) is 0 Å². The molecule has 4 atom stereocenters. The molecular weight excluding hydrogens is 1350 g/mol. The molecule has 0 spiro atoms. The smallest absolute Gasteiger partial charge is 0.373 e. The van der Waals surface area contributed by atoms with Gasteiger partial charge in [-0.25, -0.2) is 28.8 Å². The topological polar surface area (TPSA) is 708 Å². The predicted molar refractivity (Wildman–Crippen MR) is 345 cm³/mol. The van der Waals surface area contributed by atoms with Crippen molar-refractivity contribution in [1.29, 1.82) is 0 Å². The Morgan fingerprint density at radius 1 is 0.317 bits per heavy atom. The maximum Gasteiger partial charge on any atom is 0.373 e. The number of Topliss-reactive ketones (excluding diaryl/α,β-unsaturated/α-hetero) is 1. The molecule has 0 aliphatic carbocycles. The summed E-state index contributed by atoms with van der Waals surface area (Å²) in [6.07, 6.45) is 14.6. The van der Waals surface area contributed by atoms with E-state index in [9.17, 15) is 67.4 Å². The number of hydrogen-bond acceptors (Lipinski definition) is 22. The van der Waals surface area contributed by atoms with E-state index in [0.29, 0.717) is 136 Å². The van der Waals surface area contributed by atoms with Crippen LogP contribution in [0.4, 0.5) is 14.4 Å². The fourth-order valence-electron chi connectivity index (χ4n) is 7.96. The Bertz CT molecular complexity index is 2660. The van der Waals surface area contributed by atoms with E-state index >= 15 is 0 Å². The molecule has 0 saturated carbocycles. The van der Waals surface area contributed by atoms with Gasteiger partial charge in [-0.2, -0.15) is 28.8 Å². The second-order valence-electron chi connectivity index (χ2n) is 21.0. The quantitative estimate of drug-likeness (QED) is 0.0167. The van der Waals surface area contributed by atoms with Gasteiger partial charge in [0.25, 0.3) is 0 Å². The number of carboxylic acid groups (broad SMARTS) is 7. The molecule has 0 bridgehead atoms. The SMILES string of the molecule is O=C=O.O=C=O.O=C=O.[N-]=[N+]=NCCCCC(CC(=O)CCCCCCC(=O)NCCCCCNC(=O)N[C@@H](CCC(=O)O)C(=O)O)C(=O)O.[N-]=[N+]=NCCCCCCC(=O)NCCCCCNC(=O)N[C@@H](CCC(=O)O)C(=O)O.[N-]=[N+]=NCCCCCNC(=O)N[C@@H](CCC(=O)O)C(=O)O. The van der Waals surface area contributed by atoms with Gasteiger partial charge in [0.05, 0.1) is 5.92 Å². The first-order chi connectivity index (χ1) is 48.1. The maximum atomic E-state index is 12.1. The van der Waals surface area contributed by atoms with E-state index in [2.05, 4.69) is 72.6 Å². The van der Waals surface area contributed by atoms with Crippen molar-refractivity contribution in [2.24, 2.45) is 21.3 Å². The predicted octanol–water partition coefficient (Wildman–Crippen LogP) is 4.86. The third-order valence-corrected chi connectivity index (χ3v) is 13.0. The van der Waals surface area contributed by atoms with Crippen LogP contribution in [0.1, 0.15) is 193 Å². The Labute approximate surface area is 579 Å². The number of carboxylic acids is 7. The molecular formula is C58H95N17O26. The molecule has 0 fully saturated rings. The third kappa shape index (κ3) is 82.9. The number of carbonyl (C=O) groups excluding carboxylic acids is 12. The van der Waals surface area contributed by atoms with Crippen molar-refractivity contribution in [2.45, 2.75) is 211 Å². The van der Waals surface area contributed by atoms with Gasteiger partial charge in [-0.1, -0.05) is 53.9 Å². The second kappa shape index (κ2) is 76.2. The Morgan fingerprint density at radius 2 is 0.574 bits per heavy atom. The molecule has 0 aromatic heterocycles. The van der Waals surface area contributed by atoms with Gasteiger partial charge in [0, 0.05) is 112 Å². The lowest BCUT2D eigenvalue weighted by atomic mass is 9.94. The molecule has 0 aromatic carbocycles. The van der Waals surface area contributed by atoms with Crippen molar-refractivity contribution in [2.75, 3.05) is 52.4 Å². The molecule has 0 aromatic rings. The summed E-state index contributed by atoms with van der Waals surface area (Å²) in [4.78, 5) is 203. The molecule has 43 nitrogen and oxygen atoms in total. The first kappa shape index (κ1) is 101. The van der Waals surface area contributed by atoms with Crippen LogP contribution in [-0.2, 0) is 76.7 Å². The van der Waals surface area contributed by atoms with Gasteiger partial charge in [0.1, 0.15) is 23.9 Å². The summed E-state index contributed by atoms with van der Waals surface area (Å²) in [5.41, 5.74) is 24.4. The van der Waals surface area contributed by atoms with Gasteiger partial charge in [-0.3, -0.25) is 33.6 Å². The Hall–Kier alpha value is -11.2. The molecule has 0 aliphatic heterocycles. The van der Waals surface area contributed by atoms with Crippen LogP contribution in [0.3, 0.4) is 0 Å². The second-order valence-corrected chi connectivity index (χ2v) is 21.0. The van der Waals surface area contributed by atoms with Gasteiger partial charge in [0.15, 0.2) is 0 Å². The zero-order valence-electron chi connectivity index (χ0n) is 56.1. The van der Waals surface area contributed by atoms with E-state index in [-0.39, 0.29) is 81.0 Å². The summed E-state index contributed by atoms with van der Waals surface area (Å²) in [5.74, 6) is -9.11. The van der Waals surface area contributed by atoms with Crippen LogP contribution in [0.2, 0.25) is 0 Å². The normalized spacial score (nSPS) is 10.7. The van der Waals surface area contributed by atoms with E-state index in [1.165, 1.54) is 0 Å². The van der Waals surface area contributed by atoms with Crippen LogP contribution in [-0.4, -0.2) is 202 Å². The average Bonchev–Trinajstić information content (AvgIpc) is 1.01. The molecule has 0 radical (unpaired) electrons. The van der Waals surface area contributed by atoms with Gasteiger partial charge >= 0.3 is 78.3 Å². The zero-order chi connectivity index (χ0) is 77.7. The fraction of sp³-hybridized carbons (Fsp3) is 0.724. The van der Waals surface area contributed by atoms with Gasteiger partial charge in [0.2, 0.25) is 11.8 Å². The Morgan fingerprint density at radius 3 is 0.851 bits per heavy atom. The lowest BCUT2D eigenvalue weighted by Gasteiger charge is -2.14. The summed E-state index contributed by atoms with van der Waals surface area (Å²) in [7, 11) is 0. The number of carbonyl (C=O) groups is 13. The number of rotatable bonds is 55. The number of hydrogen-bond donors (Lipinski definition) is 15. The van der Waals surface area contributed by atoms with Crippen molar-refractivity contribution < 1.29 is 127 Å². The summed E-state index contributed by atoms with van der Waals surface area (Å²) in [6.45, 7) is 3.26. The molecule has 15 N–H and O–H groups in total. The van der Waals surface area contributed by atoms with Crippen LogP contribution >= 0.6 is 0 Å². The van der Waals surface area contributed by atoms with E-state index in [4.69, 9.17) is 76.0 Å². The van der Waals surface area contributed by atoms with Crippen molar-refractivity contribution in [1.82, 2.24) is 42.5 Å². The minimum absolute atomic E-state index is 0.00228. The first-order valence-corrected chi connectivity index (χ1v) is 31.9. The number of amides is 8. The highest BCUT2D eigenvalue weighted by Crippen LogP contribution is 2.17. The lowest BCUT2D eigenvalue weighted by molar-refractivity contribution is -0.193. The fourth-order valence-corrected chi connectivity index (χ4v) is 7.96. The average molecular weight is 1450 g/mol. The first-order valence-electron chi connectivity index (χ1n) is 31.9. The molecule has 0 rings (SSSR count). The van der Waals surface area contributed by atoms with Crippen molar-refractivity contribution in [3.63, 3.8) is 0 Å². The molecule has 8 amide bonds. The maximum absolute atomic E-state index is 12.1. The molecule has 0 saturated heterocycles. The number of ketones is 1. The van der Waals surface area contributed by atoms with Crippen LogP contribution in [0, 0.1) is 5.92 Å². The van der Waals surface area contributed by atoms with E-state index in [0.717, 1.165) is 64.2 Å². The standard InChI is InChI=1S/C26H44N6O9.C18H32N6O6.C11H19N5O5.3CO2/c27-32-30-17-9-6-10-19(24(37)38)18-20(33)11-4-1-2-5-12-22(34)28-15-7-3-8-16-29-26(41)31-21(25(39)40)13-14-23(35)36;19-24-22-13-7-2-1-4-8-15(25)20-11-5-3-6-12-21-18(30)23-14(17(28)29)9-10-16(26)27;12-16-14-7-3-1-2-6-13-11(21)15-8(10(19)20)4-5-9(17)18;3*2-1-3/h19,21H,1-18H2,(H,28,34)(H,35,36)(H,37,38)(H,39,40)(H2,29,31,41);14H,1-13H2,(H,20,25)(H,26,27)(H,28,29)(H2,21,23,30);8H,1-7H2,(H,17,18)(H,19,20)(H2,13,15,21);;;/t19?,21-;14-;8-;;;/m000.../s1. The minimum atomic E-state index is -1.30. The van der Waals surface area contributed by atoms with Crippen molar-refractivity contribution in [3.05, 3.63) is 31.3 Å². The molecule has 43 heteroatoms. The highest BCUT2D eigenvalue weighted by atomic mass is 16.4. The molecule has 101 heavy (non-hydrogen) atoms. The molecule has 0 aliphatic rings. The Kier molecular flexibility index (Phi) is 76.0. The van der Waals surface area contributed by atoms with E-state index < -0.39 is 83.9 Å². The summed E-state index contributed by atoms with van der Waals surface area (Å²) < 4.78 is 0. The molecule has 0 heterocycles. The lowest BCUT2D eigenvalue weighted by Crippen LogP contribution is -2.46. The van der Waals surface area contributed by atoms with Crippen molar-refractivity contribution in [3.8, 4) is 0 Å². The summed E-state index contributed by atoms with van der Waals surface area (Å²) in [5, 5.41) is 92.0. The Balaban J connectivity index is -0.000000329. The zero-order valence-corrected chi connectivity index (χ0v) is 56.1. The minimum Gasteiger partial charge on any atom is -0.481 e. The molecule has 1 unspecified atom stereocenters. The third-order valence-electron chi connectivity index (χ3n) is 13.0. The number of nitrogens with one attached hydrogen (secondary N) is 8. The van der Waals surface area contributed by atoms with E-state index in [1.54, 1.807) is 0 Å². The number of azide groups is 3. The highest BCUT2D eigenvalue weighted by Gasteiger charge is 2.24. The van der Waals surface area contributed by atoms with Crippen LogP contribution in [0.25, 0.3) is 31.3 Å². The van der Waals surface area contributed by atoms with Crippen molar-refractivity contribution >= 4 is 95.9 Å². The number of aliphatic carboxylic acids is 7. The number of nitrogens with zero attached hydrogens (tertiary/aromatic N) is 9. The summed E-state index contributed by atoms with van der Waals surface area (Å²) >= 11 is 0. The molecule has 568 valence electrons. The van der Waals surface area contributed by atoms with Crippen LogP contribution < -0.4 is 42.5 Å². The largest absolute Gasteiger partial charge is 0.481 e. The monoisotopic (exact) mass is 1450 g/mol. The number of urea groups is 3. The van der Waals surface area contributed by atoms with Crippen LogP contribution in [0.5, 0.6) is 0 Å². The van der Waals surface area contributed by atoms with Gasteiger partial charge < -0.3 is 78.3 Å². The number of unbranched alkanes of at least 4 members (excludes halogenated alkanes) is 13. The van der Waals surface area contributed by atoms with Gasteiger partial charge in [-0.05, 0) is 126 Å². The summed E-state index contributed by atoms with van der Waals surface area (Å²) in [6, 6.07) is -5.74. The highest BCUT2D eigenvalue weighted by molar-refractivity contribution is 5.85.